The maximum Gasteiger partial charge on any atom is 0.264 e. The van der Waals surface area contributed by atoms with Crippen LogP contribution >= 0.6 is 0 Å². The van der Waals surface area contributed by atoms with Crippen LogP contribution in [0.4, 0.5) is 23.0 Å². The quantitative estimate of drug-likeness (QED) is 0.0337. The number of aromatic nitrogens is 3. The first kappa shape index (κ1) is 55.2. The number of unbranched alkanes of at least 4 members (excludes halogenated alkanes) is 5. The average molecular weight is 1040 g/mol. The number of carbonyl (C=O) groups is 6. The molecule has 402 valence electrons. The minimum absolute atomic E-state index is 0.0304. The fourth-order valence-corrected chi connectivity index (χ4v) is 9.62. The van der Waals surface area contributed by atoms with Crippen molar-refractivity contribution in [3.05, 3.63) is 114 Å². The van der Waals surface area contributed by atoms with Crippen LogP contribution in [0, 0.1) is 12.8 Å². The van der Waals surface area contributed by atoms with E-state index in [9.17, 15) is 28.8 Å². The molecule has 76 heavy (non-hydrogen) atoms. The number of pyridine rings is 1. The van der Waals surface area contributed by atoms with Crippen LogP contribution in [0.1, 0.15) is 96.9 Å². The molecule has 2 aromatic heterocycles. The van der Waals surface area contributed by atoms with Gasteiger partial charge in [-0.15, -0.1) is 0 Å². The van der Waals surface area contributed by atoms with Gasteiger partial charge in [0, 0.05) is 94.3 Å². The van der Waals surface area contributed by atoms with Gasteiger partial charge in [0.25, 0.3) is 11.8 Å². The van der Waals surface area contributed by atoms with Gasteiger partial charge in [-0.05, 0) is 106 Å². The van der Waals surface area contributed by atoms with Crippen molar-refractivity contribution in [1.82, 2.24) is 35.0 Å². The third-order valence-corrected chi connectivity index (χ3v) is 13.9. The van der Waals surface area contributed by atoms with Gasteiger partial charge in [-0.3, -0.25) is 48.9 Å². The first-order valence-electron chi connectivity index (χ1n) is 26.7. The Hall–Kier alpha value is -7.03. The molecule has 4 N–H and O–H groups in total. The number of allylic oxidation sites excluding steroid dienone is 1. The Morgan fingerprint density at radius 2 is 1.51 bits per heavy atom. The number of fused-ring (bicyclic) bond motifs is 1. The van der Waals surface area contributed by atoms with E-state index in [0.717, 1.165) is 99.0 Å². The van der Waals surface area contributed by atoms with Crippen molar-refractivity contribution >= 4 is 58.5 Å². The van der Waals surface area contributed by atoms with Crippen molar-refractivity contribution in [3.8, 4) is 11.3 Å². The van der Waals surface area contributed by atoms with Crippen molar-refractivity contribution in [2.45, 2.75) is 83.6 Å². The summed E-state index contributed by atoms with van der Waals surface area (Å²) in [6.45, 7) is 11.6. The molecular weight excluding hydrogens is 969 g/mol. The normalized spacial score (nSPS) is 17.9. The minimum Gasteiger partial charge on any atom is -0.379 e. The Labute approximate surface area is 444 Å². The molecule has 3 aliphatic heterocycles. The first-order chi connectivity index (χ1) is 37.1. The number of amides is 6. The van der Waals surface area contributed by atoms with E-state index in [1.54, 1.807) is 30.7 Å². The van der Waals surface area contributed by atoms with Crippen LogP contribution in [0.3, 0.4) is 0 Å². The fraction of sp³-hybridized carbons (Fsp3) is 0.456. The Bertz CT molecular complexity index is 2730. The van der Waals surface area contributed by atoms with E-state index in [1.165, 1.54) is 24.5 Å². The van der Waals surface area contributed by atoms with Gasteiger partial charge in [-0.25, -0.2) is 9.97 Å². The standard InChI is InChI=1S/C57H70N10O9/c1-40-15-20-44(37-48(40)63-57-59-25-23-46(62-57)43-11-10-24-58-38-43)60-53(70)42-18-16-41(17-19-42)39-66-29-27-65(28-30-66)26-6-2-3-7-31-74-33-35-76-36-34-75-32-8-4-5-14-50(68)61-47-13-9-12-45-52(47)56(73)67(55(45)72)49-21-22-51(69)64-54(49)71/h9-13,15-18,20,23-25,37-38,42,49H,2-8,14,19,21-22,26-36,39H2,1H3,(H,60,70)(H,61,68)(H,59,62,63)(H,64,69,71). The van der Waals surface area contributed by atoms with Crippen LogP contribution in [0.5, 0.6) is 0 Å². The van der Waals surface area contributed by atoms with Crippen LogP contribution in [0.15, 0.2) is 97.0 Å². The van der Waals surface area contributed by atoms with E-state index >= 15 is 0 Å². The second-order valence-corrected chi connectivity index (χ2v) is 19.5. The van der Waals surface area contributed by atoms with Crippen molar-refractivity contribution in [2.24, 2.45) is 5.92 Å². The molecule has 2 atom stereocenters. The number of carbonyl (C=O) groups excluding carboxylic acids is 6. The highest BCUT2D eigenvalue weighted by atomic mass is 16.5. The van der Waals surface area contributed by atoms with E-state index in [0.29, 0.717) is 57.5 Å². The number of piperidine rings is 1. The summed E-state index contributed by atoms with van der Waals surface area (Å²) in [4.78, 5) is 95.5. The lowest BCUT2D eigenvalue weighted by molar-refractivity contribution is -0.136. The number of nitrogens with one attached hydrogen (secondary N) is 4. The first-order valence-corrected chi connectivity index (χ1v) is 26.7. The number of hydrogen-bond acceptors (Lipinski definition) is 15. The summed E-state index contributed by atoms with van der Waals surface area (Å²) in [5, 5.41) is 11.4. The monoisotopic (exact) mass is 1040 g/mol. The van der Waals surface area contributed by atoms with Gasteiger partial charge >= 0.3 is 0 Å². The van der Waals surface area contributed by atoms with Crippen molar-refractivity contribution < 1.29 is 43.0 Å². The van der Waals surface area contributed by atoms with E-state index in [4.69, 9.17) is 14.2 Å². The van der Waals surface area contributed by atoms with E-state index in [2.05, 4.69) is 58.2 Å². The molecule has 2 aromatic carbocycles. The molecular formula is C57H70N10O9. The lowest BCUT2D eigenvalue weighted by atomic mass is 9.95. The van der Waals surface area contributed by atoms with Crippen LogP contribution in [0.2, 0.25) is 0 Å². The number of benzene rings is 2. The summed E-state index contributed by atoms with van der Waals surface area (Å²) in [6, 6.07) is 15.1. The Morgan fingerprint density at radius 1 is 0.763 bits per heavy atom. The highest BCUT2D eigenvalue weighted by Gasteiger charge is 2.45. The predicted octanol–water partition coefficient (Wildman–Crippen LogP) is 6.86. The summed E-state index contributed by atoms with van der Waals surface area (Å²) >= 11 is 0. The number of ether oxygens (including phenoxy) is 3. The van der Waals surface area contributed by atoms with E-state index in [-0.39, 0.29) is 53.8 Å². The van der Waals surface area contributed by atoms with Crippen LogP contribution in [-0.2, 0) is 33.4 Å². The summed E-state index contributed by atoms with van der Waals surface area (Å²) in [5.74, 6) is -2.48. The van der Waals surface area contributed by atoms with Crippen LogP contribution < -0.4 is 21.3 Å². The predicted molar refractivity (Wildman–Crippen MR) is 288 cm³/mol. The maximum atomic E-state index is 13.3. The number of imide groups is 2. The van der Waals surface area contributed by atoms with Crippen LogP contribution in [-0.4, -0.2) is 150 Å². The van der Waals surface area contributed by atoms with Gasteiger partial charge < -0.3 is 35.1 Å². The number of hydrogen-bond donors (Lipinski definition) is 4. The largest absolute Gasteiger partial charge is 0.379 e. The summed E-state index contributed by atoms with van der Waals surface area (Å²) < 4.78 is 17.1. The Kier molecular flexibility index (Phi) is 20.5. The van der Waals surface area contributed by atoms with Gasteiger partial charge in [0.1, 0.15) is 6.04 Å². The number of rotatable bonds is 28. The second-order valence-electron chi connectivity index (χ2n) is 19.5. The molecule has 2 fully saturated rings. The average Bonchev–Trinajstić information content (AvgIpc) is 3.73. The number of piperazine rings is 1. The molecule has 0 radical (unpaired) electrons. The highest BCUT2D eigenvalue weighted by molar-refractivity contribution is 6.26. The van der Waals surface area contributed by atoms with Crippen LogP contribution in [0.25, 0.3) is 11.3 Å². The lowest BCUT2D eigenvalue weighted by Crippen LogP contribution is -2.54. The fourth-order valence-electron chi connectivity index (χ4n) is 9.62. The smallest absolute Gasteiger partial charge is 0.264 e. The van der Waals surface area contributed by atoms with Gasteiger partial charge in [0.15, 0.2) is 0 Å². The van der Waals surface area contributed by atoms with Crippen molar-refractivity contribution in [3.63, 3.8) is 0 Å². The number of nitrogens with zero attached hydrogens (tertiary/aromatic N) is 6. The number of anilines is 4. The zero-order valence-electron chi connectivity index (χ0n) is 43.4. The molecule has 2 saturated heterocycles. The van der Waals surface area contributed by atoms with Crippen molar-refractivity contribution in [1.29, 1.82) is 0 Å². The topological polar surface area (TPSA) is 227 Å². The Morgan fingerprint density at radius 3 is 2.25 bits per heavy atom. The summed E-state index contributed by atoms with van der Waals surface area (Å²) in [6.07, 6.45) is 19.3. The molecule has 4 aromatic rings. The molecule has 0 saturated carbocycles. The number of aryl methyl sites for hydroxylation is 1. The molecule has 19 heteroatoms. The second kappa shape index (κ2) is 28.2. The SMILES string of the molecule is Cc1ccc(NC(=O)C2C=CC(CN3CCN(CCCCCCOCCOCCOCCCCCC(=O)Nc4cccc5c4C(=O)N(C4CCC(=O)NC4=O)C5=O)CC3)=CC2)cc1Nc1nccc(-c2cccnc2)n1. The lowest BCUT2D eigenvalue weighted by Gasteiger charge is -2.35. The zero-order valence-corrected chi connectivity index (χ0v) is 43.4. The maximum absolute atomic E-state index is 13.3. The molecule has 1 aliphatic carbocycles. The molecule has 19 nitrogen and oxygen atoms in total. The molecule has 6 amide bonds. The van der Waals surface area contributed by atoms with Crippen molar-refractivity contribution in [2.75, 3.05) is 94.9 Å². The molecule has 5 heterocycles. The van der Waals surface area contributed by atoms with Gasteiger partial charge in [-0.1, -0.05) is 49.6 Å². The molecule has 0 spiro atoms. The van der Waals surface area contributed by atoms with E-state index < -0.39 is 29.7 Å². The van der Waals surface area contributed by atoms with Gasteiger partial charge in [0.2, 0.25) is 29.6 Å². The van der Waals surface area contributed by atoms with Gasteiger partial charge in [-0.2, -0.15) is 0 Å². The summed E-state index contributed by atoms with van der Waals surface area (Å²) in [7, 11) is 0. The third-order valence-electron chi connectivity index (χ3n) is 13.9. The summed E-state index contributed by atoms with van der Waals surface area (Å²) in [5.41, 5.74) is 5.88. The third kappa shape index (κ3) is 15.8. The highest BCUT2D eigenvalue weighted by Crippen LogP contribution is 2.33. The molecule has 4 aliphatic rings. The molecule has 8 rings (SSSR count). The zero-order chi connectivity index (χ0) is 53.1. The molecule has 2 unspecified atom stereocenters. The van der Waals surface area contributed by atoms with E-state index in [1.807, 2.05) is 49.4 Å². The molecule has 0 bridgehead atoms. The Balaban J connectivity index is 0.586. The van der Waals surface area contributed by atoms with Gasteiger partial charge in [0.05, 0.1) is 54.9 Å². The minimum atomic E-state index is -1.07.